The summed E-state index contributed by atoms with van der Waals surface area (Å²) in [7, 11) is 1.53. The van der Waals surface area contributed by atoms with Crippen LogP contribution in [-0.4, -0.2) is 42.1 Å². The fourth-order valence-corrected chi connectivity index (χ4v) is 3.80. The average Bonchev–Trinajstić information content (AvgIpc) is 2.84. The van der Waals surface area contributed by atoms with Crippen LogP contribution in [0.25, 0.3) is 11.3 Å². The topological polar surface area (TPSA) is 91.1 Å². The lowest BCUT2D eigenvalue weighted by Crippen LogP contribution is -2.45. The Balaban J connectivity index is 1.37. The summed E-state index contributed by atoms with van der Waals surface area (Å²) >= 11 is 0. The van der Waals surface area contributed by atoms with E-state index < -0.39 is 0 Å². The van der Waals surface area contributed by atoms with Crippen LogP contribution in [0, 0.1) is 17.1 Å². The van der Waals surface area contributed by atoms with Crippen LogP contribution in [0.4, 0.5) is 10.2 Å². The van der Waals surface area contributed by atoms with Gasteiger partial charge >= 0.3 is 0 Å². The highest BCUT2D eigenvalue weighted by Crippen LogP contribution is 2.28. The lowest BCUT2D eigenvalue weighted by atomic mass is 10.0. The van der Waals surface area contributed by atoms with E-state index in [2.05, 4.69) is 21.4 Å². The summed E-state index contributed by atoms with van der Waals surface area (Å²) in [5, 5.41) is 12.5. The van der Waals surface area contributed by atoms with Crippen LogP contribution in [0.1, 0.15) is 28.8 Å². The number of pyridine rings is 2. The number of hydrogen-bond donors (Lipinski definition) is 1. The molecular formula is C24H22FN5O2. The molecular weight excluding hydrogens is 409 g/mol. The number of nitrogens with one attached hydrogen (secondary N) is 1. The number of carbonyl (C=O) groups excluding carboxylic acids is 1. The van der Waals surface area contributed by atoms with Crippen LogP contribution in [0.15, 0.2) is 54.9 Å². The van der Waals surface area contributed by atoms with Gasteiger partial charge in [-0.2, -0.15) is 5.26 Å². The lowest BCUT2D eigenvalue weighted by molar-refractivity contribution is 0.0930. The van der Waals surface area contributed by atoms with Crippen LogP contribution in [0.3, 0.4) is 0 Å². The minimum atomic E-state index is -0.330. The van der Waals surface area contributed by atoms with Crippen molar-refractivity contribution in [3.8, 4) is 23.1 Å². The molecule has 0 spiro atoms. The summed E-state index contributed by atoms with van der Waals surface area (Å²) in [6.45, 7) is 1.33. The third-order valence-electron chi connectivity index (χ3n) is 5.50. The van der Waals surface area contributed by atoms with Crippen molar-refractivity contribution in [1.29, 1.82) is 5.26 Å². The van der Waals surface area contributed by atoms with Gasteiger partial charge in [0.1, 0.15) is 29.0 Å². The molecule has 3 heterocycles. The van der Waals surface area contributed by atoms with Gasteiger partial charge in [0.25, 0.3) is 5.91 Å². The lowest BCUT2D eigenvalue weighted by Gasteiger charge is -2.33. The number of methoxy groups -OCH3 is 1. The van der Waals surface area contributed by atoms with E-state index in [0.717, 1.165) is 12.8 Å². The molecule has 1 aliphatic heterocycles. The molecule has 3 aromatic rings. The van der Waals surface area contributed by atoms with Gasteiger partial charge < -0.3 is 15.0 Å². The molecule has 1 aromatic carbocycles. The van der Waals surface area contributed by atoms with Gasteiger partial charge in [-0.25, -0.2) is 9.37 Å². The van der Waals surface area contributed by atoms with Crippen LogP contribution < -0.4 is 15.0 Å². The largest absolute Gasteiger partial charge is 0.495 e. The highest BCUT2D eigenvalue weighted by atomic mass is 19.1. The summed E-state index contributed by atoms with van der Waals surface area (Å²) in [5.41, 5.74) is 2.14. The Bertz CT molecular complexity index is 1150. The summed E-state index contributed by atoms with van der Waals surface area (Å²) in [4.78, 5) is 23.4. The van der Waals surface area contributed by atoms with E-state index in [9.17, 15) is 14.4 Å². The SMILES string of the molecule is COc1ccnc(N2CCC(NC(=O)c3ccc(-c4cccc(F)c4)nc3)CC2)c1C#N. The third-order valence-corrected chi connectivity index (χ3v) is 5.50. The molecule has 1 fully saturated rings. The highest BCUT2D eigenvalue weighted by Gasteiger charge is 2.25. The van der Waals surface area contributed by atoms with Gasteiger partial charge in [-0.3, -0.25) is 9.78 Å². The molecule has 32 heavy (non-hydrogen) atoms. The maximum atomic E-state index is 13.4. The predicted molar refractivity (Wildman–Crippen MR) is 118 cm³/mol. The van der Waals surface area contributed by atoms with E-state index >= 15 is 0 Å². The number of aromatic nitrogens is 2. The number of rotatable bonds is 5. The number of nitrogens with zero attached hydrogens (tertiary/aromatic N) is 4. The zero-order chi connectivity index (χ0) is 22.5. The minimum Gasteiger partial charge on any atom is -0.495 e. The Morgan fingerprint density at radius 2 is 2.03 bits per heavy atom. The number of anilines is 1. The number of carbonyl (C=O) groups is 1. The number of piperidine rings is 1. The smallest absolute Gasteiger partial charge is 0.253 e. The average molecular weight is 431 g/mol. The first kappa shape index (κ1) is 21.2. The number of amides is 1. The second-order valence-corrected chi connectivity index (χ2v) is 7.50. The molecule has 162 valence electrons. The number of hydrogen-bond acceptors (Lipinski definition) is 6. The first-order valence-corrected chi connectivity index (χ1v) is 10.3. The van der Waals surface area contributed by atoms with E-state index in [1.807, 2.05) is 4.90 Å². The molecule has 1 aliphatic rings. The summed E-state index contributed by atoms with van der Waals surface area (Å²) in [5.74, 6) is 0.582. The molecule has 0 radical (unpaired) electrons. The van der Waals surface area contributed by atoms with Crippen molar-refractivity contribution in [3.63, 3.8) is 0 Å². The number of ether oxygens (including phenoxy) is 1. The molecule has 4 rings (SSSR count). The molecule has 0 aliphatic carbocycles. The Morgan fingerprint density at radius 1 is 1.22 bits per heavy atom. The Kier molecular flexibility index (Phi) is 6.26. The first-order valence-electron chi connectivity index (χ1n) is 10.3. The second-order valence-electron chi connectivity index (χ2n) is 7.50. The minimum absolute atomic E-state index is 0.0118. The van der Waals surface area contributed by atoms with Gasteiger partial charge in [0.15, 0.2) is 0 Å². The fraction of sp³-hybridized carbons (Fsp3) is 0.250. The zero-order valence-electron chi connectivity index (χ0n) is 17.6. The molecule has 0 saturated carbocycles. The van der Waals surface area contributed by atoms with Gasteiger partial charge in [0.2, 0.25) is 0 Å². The standard InChI is InChI=1S/C24H22FN5O2/c1-32-22-7-10-27-23(20(22)14-26)30-11-8-19(9-12-30)29-24(31)17-5-6-21(28-15-17)16-3-2-4-18(25)13-16/h2-7,10,13,15,19H,8-9,11-12H2,1H3,(H,29,31). The first-order chi connectivity index (χ1) is 15.6. The maximum absolute atomic E-state index is 13.4. The third kappa shape index (κ3) is 4.52. The molecule has 8 heteroatoms. The Hall–Kier alpha value is -3.99. The van der Waals surface area contributed by atoms with Crippen LogP contribution >= 0.6 is 0 Å². The molecule has 2 aromatic heterocycles. The van der Waals surface area contributed by atoms with Gasteiger partial charge in [0.05, 0.1) is 18.4 Å². The van der Waals surface area contributed by atoms with Gasteiger partial charge in [0, 0.05) is 37.1 Å². The predicted octanol–water partition coefficient (Wildman–Crippen LogP) is 3.56. The number of benzene rings is 1. The Morgan fingerprint density at radius 3 is 2.69 bits per heavy atom. The highest BCUT2D eigenvalue weighted by molar-refractivity contribution is 5.94. The van der Waals surface area contributed by atoms with Crippen molar-refractivity contribution in [2.45, 2.75) is 18.9 Å². The van der Waals surface area contributed by atoms with E-state index in [1.54, 1.807) is 36.5 Å². The second kappa shape index (κ2) is 9.43. The van der Waals surface area contributed by atoms with E-state index in [1.165, 1.54) is 25.4 Å². The maximum Gasteiger partial charge on any atom is 0.253 e. The molecule has 1 saturated heterocycles. The van der Waals surface area contributed by atoms with Crippen LogP contribution in [-0.2, 0) is 0 Å². The van der Waals surface area contributed by atoms with Crippen molar-refractivity contribution in [2.75, 3.05) is 25.1 Å². The van der Waals surface area contributed by atoms with Crippen LogP contribution in [0.2, 0.25) is 0 Å². The molecule has 1 amide bonds. The Labute approximate surface area is 185 Å². The molecule has 0 bridgehead atoms. The molecule has 1 N–H and O–H groups in total. The quantitative estimate of drug-likeness (QED) is 0.664. The zero-order valence-corrected chi connectivity index (χ0v) is 17.6. The monoisotopic (exact) mass is 431 g/mol. The van der Waals surface area contributed by atoms with E-state index in [4.69, 9.17) is 4.74 Å². The van der Waals surface area contributed by atoms with Crippen LogP contribution in [0.5, 0.6) is 5.75 Å². The van der Waals surface area contributed by atoms with Crippen molar-refractivity contribution in [2.24, 2.45) is 0 Å². The van der Waals surface area contributed by atoms with Crippen molar-refractivity contribution in [1.82, 2.24) is 15.3 Å². The fourth-order valence-electron chi connectivity index (χ4n) is 3.80. The normalized spacial score (nSPS) is 14.0. The van der Waals surface area contributed by atoms with Gasteiger partial charge in [-0.1, -0.05) is 12.1 Å². The van der Waals surface area contributed by atoms with Gasteiger partial charge in [-0.15, -0.1) is 0 Å². The molecule has 7 nitrogen and oxygen atoms in total. The summed E-state index contributed by atoms with van der Waals surface area (Å²) < 4.78 is 18.7. The number of nitriles is 1. The van der Waals surface area contributed by atoms with Crippen molar-refractivity contribution in [3.05, 3.63) is 71.8 Å². The summed E-state index contributed by atoms with van der Waals surface area (Å²) in [6.07, 6.45) is 4.59. The van der Waals surface area contributed by atoms with E-state index in [-0.39, 0.29) is 17.8 Å². The van der Waals surface area contributed by atoms with Crippen molar-refractivity contribution < 1.29 is 13.9 Å². The molecule has 0 atom stereocenters. The van der Waals surface area contributed by atoms with Crippen molar-refractivity contribution >= 4 is 11.7 Å². The molecule has 0 unspecified atom stereocenters. The van der Waals surface area contributed by atoms with E-state index in [0.29, 0.717) is 47.0 Å². The van der Waals surface area contributed by atoms with Gasteiger partial charge in [-0.05, 0) is 43.2 Å². The summed E-state index contributed by atoms with van der Waals surface area (Å²) in [6, 6.07) is 13.4. The number of halogens is 1.